The van der Waals surface area contributed by atoms with E-state index in [9.17, 15) is 0 Å². The molecule has 1 rings (SSSR count). The third kappa shape index (κ3) is 1.18. The molecule has 0 aromatic rings. The smallest absolute Gasteiger partial charge is 0.0878 e. The second-order valence-corrected chi connectivity index (χ2v) is 2.49. The van der Waals surface area contributed by atoms with Crippen molar-refractivity contribution in [3.05, 3.63) is 23.6 Å². The summed E-state index contributed by atoms with van der Waals surface area (Å²) in [7, 11) is 0. The minimum Gasteiger partial charge on any atom is -0.119 e. The molecular weight excluding hydrogens is 116 g/mol. The van der Waals surface area contributed by atoms with E-state index in [2.05, 4.69) is 5.92 Å². The first-order chi connectivity index (χ1) is 3.93. The van der Waals surface area contributed by atoms with Gasteiger partial charge in [0.05, 0.1) is 5.25 Å². The summed E-state index contributed by atoms with van der Waals surface area (Å²) in [6, 6.07) is 0. The quantitative estimate of drug-likeness (QED) is 0.441. The number of allylic oxidation sites excluding steroid dienone is 2. The Hall–Kier alpha value is -0.610. The van der Waals surface area contributed by atoms with Crippen molar-refractivity contribution in [2.45, 2.75) is 5.25 Å². The largest absolute Gasteiger partial charge is 0.119 e. The fourth-order valence-electron chi connectivity index (χ4n) is 0.481. The van der Waals surface area contributed by atoms with E-state index in [-0.39, 0.29) is 5.25 Å². The van der Waals surface area contributed by atoms with Crippen molar-refractivity contribution in [2.75, 3.05) is 0 Å². The van der Waals surface area contributed by atoms with Crippen LogP contribution in [0.4, 0.5) is 0 Å². The highest BCUT2D eigenvalue weighted by Crippen LogP contribution is 2.16. The van der Waals surface area contributed by atoms with E-state index >= 15 is 0 Å². The van der Waals surface area contributed by atoms with Gasteiger partial charge in [-0.3, -0.25) is 0 Å². The highest BCUT2D eigenvalue weighted by atomic mass is 32.2. The summed E-state index contributed by atoms with van der Waals surface area (Å²) in [6.45, 7) is 0. The molecule has 1 atom stereocenters. The van der Waals surface area contributed by atoms with Crippen LogP contribution in [0.1, 0.15) is 0 Å². The molecule has 0 nitrogen and oxygen atoms in total. The van der Waals surface area contributed by atoms with Crippen LogP contribution < -0.4 is 0 Å². The molecule has 1 heterocycles. The summed E-state index contributed by atoms with van der Waals surface area (Å²) in [5, 5.41) is 2.27. The van der Waals surface area contributed by atoms with Gasteiger partial charge in [-0.2, -0.15) is 0 Å². The van der Waals surface area contributed by atoms with Gasteiger partial charge in [0.15, 0.2) is 0 Å². The molecule has 1 aliphatic rings. The number of hydrogen-bond donors (Lipinski definition) is 0. The predicted octanol–water partition coefficient (Wildman–Crippen LogP) is 1.80. The summed E-state index contributed by atoms with van der Waals surface area (Å²) >= 11 is 1.66. The third-order valence-corrected chi connectivity index (χ3v) is 1.77. The van der Waals surface area contributed by atoms with E-state index in [1.165, 1.54) is 0 Å². The van der Waals surface area contributed by atoms with E-state index in [1.807, 2.05) is 23.6 Å². The Kier molecular flexibility index (Phi) is 1.82. The number of hydrogen-bond acceptors (Lipinski definition) is 1. The minimum atomic E-state index is 0.264. The highest BCUT2D eigenvalue weighted by Gasteiger charge is 1.97. The molecule has 1 aliphatic heterocycles. The fourth-order valence-corrected chi connectivity index (χ4v) is 1.09. The van der Waals surface area contributed by atoms with Crippen LogP contribution in [0, 0.1) is 12.3 Å². The van der Waals surface area contributed by atoms with Crippen molar-refractivity contribution in [3.8, 4) is 12.3 Å². The summed E-state index contributed by atoms with van der Waals surface area (Å²) in [6.07, 6.45) is 11.1. The van der Waals surface area contributed by atoms with Gasteiger partial charge in [0.25, 0.3) is 0 Å². The monoisotopic (exact) mass is 122 g/mol. The Morgan fingerprint density at radius 3 is 2.75 bits per heavy atom. The van der Waals surface area contributed by atoms with E-state index in [1.54, 1.807) is 11.8 Å². The summed E-state index contributed by atoms with van der Waals surface area (Å²) in [4.78, 5) is 0. The van der Waals surface area contributed by atoms with Crippen molar-refractivity contribution < 1.29 is 0 Å². The maximum absolute atomic E-state index is 5.15. The van der Waals surface area contributed by atoms with Crippen LogP contribution in [-0.4, -0.2) is 5.25 Å². The maximum atomic E-state index is 5.15. The lowest BCUT2D eigenvalue weighted by molar-refractivity contribution is 1.49. The van der Waals surface area contributed by atoms with Crippen LogP contribution >= 0.6 is 11.8 Å². The molecule has 0 spiro atoms. The van der Waals surface area contributed by atoms with Crippen LogP contribution in [0.3, 0.4) is 0 Å². The minimum absolute atomic E-state index is 0.264. The molecule has 40 valence electrons. The van der Waals surface area contributed by atoms with Gasteiger partial charge in [0.2, 0.25) is 0 Å². The zero-order chi connectivity index (χ0) is 5.82. The summed E-state index contributed by atoms with van der Waals surface area (Å²) in [5.41, 5.74) is 0. The second-order valence-electron chi connectivity index (χ2n) is 1.44. The second kappa shape index (κ2) is 2.64. The predicted molar refractivity (Wildman–Crippen MR) is 38.5 cm³/mol. The molecule has 0 amide bonds. The molecule has 0 fully saturated rings. The number of thioether (sulfide) groups is 1. The van der Waals surface area contributed by atoms with Gasteiger partial charge in [-0.15, -0.1) is 18.2 Å². The van der Waals surface area contributed by atoms with Crippen LogP contribution in [0.15, 0.2) is 23.6 Å². The topological polar surface area (TPSA) is 0 Å². The van der Waals surface area contributed by atoms with Crippen molar-refractivity contribution in [1.29, 1.82) is 0 Å². The van der Waals surface area contributed by atoms with Gasteiger partial charge >= 0.3 is 0 Å². The van der Waals surface area contributed by atoms with Crippen molar-refractivity contribution >= 4 is 11.8 Å². The summed E-state index contributed by atoms with van der Waals surface area (Å²) in [5.74, 6) is 2.63. The lowest BCUT2D eigenvalue weighted by Crippen LogP contribution is -1.91. The molecule has 0 aromatic heterocycles. The lowest BCUT2D eigenvalue weighted by Gasteiger charge is -2.01. The average molecular weight is 122 g/mol. The average Bonchev–Trinajstić information content (AvgIpc) is 1.90. The first kappa shape index (κ1) is 5.53. The standard InChI is InChI=1S/C7H6S/c1-2-7-5-3-4-6-8-7/h1,3-7H. The van der Waals surface area contributed by atoms with Gasteiger partial charge in [0, 0.05) is 0 Å². The van der Waals surface area contributed by atoms with Crippen molar-refractivity contribution in [2.24, 2.45) is 0 Å². The van der Waals surface area contributed by atoms with Crippen LogP contribution in [-0.2, 0) is 0 Å². The van der Waals surface area contributed by atoms with E-state index in [4.69, 9.17) is 6.42 Å². The molecule has 0 aliphatic carbocycles. The van der Waals surface area contributed by atoms with E-state index in [0.717, 1.165) is 0 Å². The molecule has 0 aromatic carbocycles. The normalized spacial score (nSPS) is 25.1. The molecule has 1 heteroatoms. The molecular formula is C7H6S. The number of terminal acetylenes is 1. The molecule has 0 N–H and O–H groups in total. The maximum Gasteiger partial charge on any atom is 0.0878 e. The highest BCUT2D eigenvalue weighted by molar-refractivity contribution is 8.03. The zero-order valence-electron chi connectivity index (χ0n) is 4.37. The third-order valence-electron chi connectivity index (χ3n) is 0.865. The first-order valence-electron chi connectivity index (χ1n) is 2.38. The summed E-state index contributed by atoms with van der Waals surface area (Å²) < 4.78 is 0. The van der Waals surface area contributed by atoms with Gasteiger partial charge in [-0.05, 0) is 5.41 Å². The Balaban J connectivity index is 2.55. The van der Waals surface area contributed by atoms with Crippen molar-refractivity contribution in [3.63, 3.8) is 0 Å². The molecule has 1 unspecified atom stereocenters. The molecule has 0 bridgehead atoms. The van der Waals surface area contributed by atoms with E-state index in [0.29, 0.717) is 0 Å². The van der Waals surface area contributed by atoms with Crippen LogP contribution in [0.2, 0.25) is 0 Å². The Morgan fingerprint density at radius 1 is 1.50 bits per heavy atom. The Morgan fingerprint density at radius 2 is 2.38 bits per heavy atom. The van der Waals surface area contributed by atoms with Gasteiger partial charge in [-0.25, -0.2) is 0 Å². The number of rotatable bonds is 0. The van der Waals surface area contributed by atoms with Gasteiger partial charge in [0.1, 0.15) is 0 Å². The van der Waals surface area contributed by atoms with Gasteiger partial charge < -0.3 is 0 Å². The van der Waals surface area contributed by atoms with Crippen LogP contribution in [0.25, 0.3) is 0 Å². The van der Waals surface area contributed by atoms with Crippen molar-refractivity contribution in [1.82, 2.24) is 0 Å². The Labute approximate surface area is 53.7 Å². The first-order valence-corrected chi connectivity index (χ1v) is 3.32. The molecule has 0 saturated heterocycles. The lowest BCUT2D eigenvalue weighted by atomic mass is 10.4. The SMILES string of the molecule is C#CC1C=CC=CS1. The molecule has 8 heavy (non-hydrogen) atoms. The zero-order valence-corrected chi connectivity index (χ0v) is 5.19. The molecule has 0 saturated carbocycles. The molecule has 0 radical (unpaired) electrons. The van der Waals surface area contributed by atoms with Gasteiger partial charge in [-0.1, -0.05) is 24.1 Å². The fraction of sp³-hybridized carbons (Fsp3) is 0.143. The Bertz CT molecular complexity index is 160. The van der Waals surface area contributed by atoms with E-state index < -0.39 is 0 Å². The van der Waals surface area contributed by atoms with Crippen LogP contribution in [0.5, 0.6) is 0 Å².